The van der Waals surface area contributed by atoms with Crippen molar-refractivity contribution in [2.75, 3.05) is 25.5 Å². The van der Waals surface area contributed by atoms with E-state index in [9.17, 15) is 10.1 Å². The molecule has 0 fully saturated rings. The highest BCUT2D eigenvalue weighted by Crippen LogP contribution is 2.17. The highest BCUT2D eigenvalue weighted by molar-refractivity contribution is 5.48. The largest absolute Gasteiger partial charge is 0.370 e. The molecule has 0 saturated heterocycles. The Morgan fingerprint density at radius 3 is 2.74 bits per heavy atom. The number of nitro groups is 1. The van der Waals surface area contributed by atoms with Crippen LogP contribution in [0.4, 0.5) is 11.5 Å². The molecule has 0 amide bonds. The molecule has 0 aliphatic rings. The summed E-state index contributed by atoms with van der Waals surface area (Å²) in [6, 6.07) is 2.08. The van der Waals surface area contributed by atoms with Gasteiger partial charge in [0.2, 0.25) is 0 Å². The number of pyridine rings is 1. The van der Waals surface area contributed by atoms with Gasteiger partial charge in [-0.25, -0.2) is 4.98 Å². The van der Waals surface area contributed by atoms with Crippen LogP contribution in [0.25, 0.3) is 0 Å². The van der Waals surface area contributed by atoms with E-state index in [1.54, 1.807) is 0 Å². The van der Waals surface area contributed by atoms with Crippen LogP contribution in [0.3, 0.4) is 0 Å². The zero-order valence-electron chi connectivity index (χ0n) is 12.0. The molecule has 0 aliphatic carbocycles. The normalized spacial score (nSPS) is 11.1. The zero-order chi connectivity index (χ0) is 14.4. The maximum atomic E-state index is 10.6. The second-order valence-electron chi connectivity index (χ2n) is 4.97. The van der Waals surface area contributed by atoms with E-state index in [1.807, 2.05) is 6.92 Å². The van der Waals surface area contributed by atoms with Gasteiger partial charge in [0.1, 0.15) is 12.0 Å². The van der Waals surface area contributed by atoms with Crippen molar-refractivity contribution in [1.82, 2.24) is 9.88 Å². The number of rotatable bonds is 7. The molecular weight excluding hydrogens is 244 g/mol. The monoisotopic (exact) mass is 266 g/mol. The SMILES string of the molecule is Cc1cc([N+](=O)[O-])cnc1NCCCN(C)C(C)C. The minimum absolute atomic E-state index is 0.0302. The van der Waals surface area contributed by atoms with Crippen molar-refractivity contribution in [1.29, 1.82) is 0 Å². The van der Waals surface area contributed by atoms with Crippen LogP contribution in [0.5, 0.6) is 0 Å². The van der Waals surface area contributed by atoms with Crippen molar-refractivity contribution in [3.8, 4) is 0 Å². The number of aryl methyl sites for hydroxylation is 1. The van der Waals surface area contributed by atoms with Crippen LogP contribution in [0.15, 0.2) is 12.3 Å². The summed E-state index contributed by atoms with van der Waals surface area (Å²) in [5, 5.41) is 13.8. The van der Waals surface area contributed by atoms with Gasteiger partial charge in [-0.05, 0) is 46.3 Å². The summed E-state index contributed by atoms with van der Waals surface area (Å²) < 4.78 is 0. The molecule has 106 valence electrons. The van der Waals surface area contributed by atoms with E-state index in [2.05, 4.69) is 36.1 Å². The molecule has 1 aromatic rings. The van der Waals surface area contributed by atoms with Crippen LogP contribution in [-0.2, 0) is 0 Å². The molecule has 6 nitrogen and oxygen atoms in total. The Bertz CT molecular complexity index is 435. The first-order chi connectivity index (χ1) is 8.91. The number of hydrogen-bond donors (Lipinski definition) is 1. The van der Waals surface area contributed by atoms with E-state index in [1.165, 1.54) is 12.3 Å². The van der Waals surface area contributed by atoms with Crippen molar-refractivity contribution in [2.24, 2.45) is 0 Å². The van der Waals surface area contributed by atoms with E-state index in [-0.39, 0.29) is 5.69 Å². The van der Waals surface area contributed by atoms with E-state index in [0.29, 0.717) is 6.04 Å². The molecule has 1 aromatic heterocycles. The highest BCUT2D eigenvalue weighted by atomic mass is 16.6. The Morgan fingerprint density at radius 1 is 1.53 bits per heavy atom. The summed E-state index contributed by atoms with van der Waals surface area (Å²) in [5.41, 5.74) is 0.828. The number of nitrogens with one attached hydrogen (secondary N) is 1. The van der Waals surface area contributed by atoms with Gasteiger partial charge >= 0.3 is 0 Å². The standard InChI is InChI=1S/C13H22N4O2/c1-10(2)16(4)7-5-6-14-13-11(3)8-12(9-15-13)17(18)19/h8-10H,5-7H2,1-4H3,(H,14,15). The molecule has 0 unspecified atom stereocenters. The van der Waals surface area contributed by atoms with E-state index in [0.717, 1.165) is 30.9 Å². The fraction of sp³-hybridized carbons (Fsp3) is 0.615. The van der Waals surface area contributed by atoms with Gasteiger partial charge in [-0.3, -0.25) is 10.1 Å². The fourth-order valence-corrected chi connectivity index (χ4v) is 1.64. The Kier molecular flexibility index (Phi) is 5.69. The van der Waals surface area contributed by atoms with Crippen LogP contribution >= 0.6 is 0 Å². The molecule has 1 rings (SSSR count). The summed E-state index contributed by atoms with van der Waals surface area (Å²) in [7, 11) is 2.10. The second kappa shape index (κ2) is 7.04. The molecule has 0 bridgehead atoms. The van der Waals surface area contributed by atoms with Gasteiger partial charge in [0.15, 0.2) is 0 Å². The molecule has 0 saturated carbocycles. The van der Waals surface area contributed by atoms with E-state index in [4.69, 9.17) is 0 Å². The smallest absolute Gasteiger partial charge is 0.287 e. The molecule has 0 radical (unpaired) electrons. The average Bonchev–Trinajstić information content (AvgIpc) is 2.35. The summed E-state index contributed by atoms with van der Waals surface area (Å²) in [6.45, 7) is 7.97. The minimum Gasteiger partial charge on any atom is -0.370 e. The Labute approximate surface area is 114 Å². The quantitative estimate of drug-likeness (QED) is 0.466. The Morgan fingerprint density at radius 2 is 2.21 bits per heavy atom. The van der Waals surface area contributed by atoms with Gasteiger partial charge in [0.25, 0.3) is 5.69 Å². The zero-order valence-corrected chi connectivity index (χ0v) is 12.0. The summed E-state index contributed by atoms with van der Waals surface area (Å²) in [6.07, 6.45) is 2.29. The number of hydrogen-bond acceptors (Lipinski definition) is 5. The summed E-state index contributed by atoms with van der Waals surface area (Å²) in [4.78, 5) is 16.5. The number of aromatic nitrogens is 1. The first-order valence-corrected chi connectivity index (χ1v) is 6.47. The van der Waals surface area contributed by atoms with E-state index >= 15 is 0 Å². The average molecular weight is 266 g/mol. The topological polar surface area (TPSA) is 71.3 Å². The molecular formula is C13H22N4O2. The Hall–Kier alpha value is -1.69. The molecule has 0 aromatic carbocycles. The van der Waals surface area contributed by atoms with Gasteiger partial charge in [-0.15, -0.1) is 0 Å². The predicted octanol–water partition coefficient (Wildman–Crippen LogP) is 2.44. The Balaban J connectivity index is 2.44. The third-order valence-corrected chi connectivity index (χ3v) is 3.14. The summed E-state index contributed by atoms with van der Waals surface area (Å²) >= 11 is 0. The number of nitrogens with zero attached hydrogens (tertiary/aromatic N) is 3. The van der Waals surface area contributed by atoms with Crippen LogP contribution in [-0.4, -0.2) is 41.0 Å². The van der Waals surface area contributed by atoms with Gasteiger partial charge in [0, 0.05) is 18.7 Å². The molecule has 19 heavy (non-hydrogen) atoms. The van der Waals surface area contributed by atoms with E-state index < -0.39 is 4.92 Å². The van der Waals surface area contributed by atoms with Crippen molar-refractivity contribution in [3.05, 3.63) is 27.9 Å². The van der Waals surface area contributed by atoms with Crippen LogP contribution in [0.2, 0.25) is 0 Å². The maximum Gasteiger partial charge on any atom is 0.287 e. The first kappa shape index (κ1) is 15.4. The molecule has 0 aliphatic heterocycles. The third kappa shape index (κ3) is 4.82. The molecule has 0 atom stereocenters. The van der Waals surface area contributed by atoms with Crippen LogP contribution in [0.1, 0.15) is 25.8 Å². The van der Waals surface area contributed by atoms with Gasteiger partial charge in [-0.1, -0.05) is 0 Å². The fourth-order valence-electron chi connectivity index (χ4n) is 1.64. The van der Waals surface area contributed by atoms with Gasteiger partial charge < -0.3 is 10.2 Å². The molecule has 1 N–H and O–H groups in total. The van der Waals surface area contributed by atoms with Crippen molar-refractivity contribution >= 4 is 11.5 Å². The lowest BCUT2D eigenvalue weighted by Crippen LogP contribution is -2.28. The first-order valence-electron chi connectivity index (χ1n) is 6.47. The maximum absolute atomic E-state index is 10.6. The molecule has 1 heterocycles. The lowest BCUT2D eigenvalue weighted by atomic mass is 10.2. The van der Waals surface area contributed by atoms with Crippen molar-refractivity contribution in [3.63, 3.8) is 0 Å². The van der Waals surface area contributed by atoms with Crippen LogP contribution in [0, 0.1) is 17.0 Å². The van der Waals surface area contributed by atoms with Crippen LogP contribution < -0.4 is 5.32 Å². The number of anilines is 1. The second-order valence-corrected chi connectivity index (χ2v) is 4.97. The van der Waals surface area contributed by atoms with Crippen molar-refractivity contribution < 1.29 is 4.92 Å². The van der Waals surface area contributed by atoms with Crippen molar-refractivity contribution in [2.45, 2.75) is 33.2 Å². The minimum atomic E-state index is -0.429. The predicted molar refractivity (Wildman–Crippen MR) is 76.5 cm³/mol. The van der Waals surface area contributed by atoms with Gasteiger partial charge in [-0.2, -0.15) is 0 Å². The lowest BCUT2D eigenvalue weighted by molar-refractivity contribution is -0.385. The third-order valence-electron chi connectivity index (χ3n) is 3.14. The molecule has 6 heteroatoms. The highest BCUT2D eigenvalue weighted by Gasteiger charge is 2.09. The lowest BCUT2D eigenvalue weighted by Gasteiger charge is -2.20. The van der Waals surface area contributed by atoms with Gasteiger partial charge in [0.05, 0.1) is 4.92 Å². The molecule has 0 spiro atoms. The summed E-state index contributed by atoms with van der Waals surface area (Å²) in [5.74, 6) is 0.720.